The van der Waals surface area contributed by atoms with E-state index in [1.54, 1.807) is 0 Å². The van der Waals surface area contributed by atoms with Crippen LogP contribution in [-0.2, 0) is 38.1 Å². The second-order valence-corrected chi connectivity index (χ2v) is 6.25. The lowest BCUT2D eigenvalue weighted by atomic mass is 9.97. The van der Waals surface area contributed by atoms with Crippen LogP contribution in [0.3, 0.4) is 0 Å². The minimum absolute atomic E-state index is 0.238. The topological polar surface area (TPSA) is 117 Å². The molecule has 1 saturated heterocycles. The molecule has 0 aromatic rings. The Hall–Kier alpha value is -1.87. The Morgan fingerprint density at radius 2 is 1.58 bits per heavy atom. The summed E-state index contributed by atoms with van der Waals surface area (Å²) in [5.74, 6) is -2.19. The zero-order valence-corrected chi connectivity index (χ0v) is 15.9. The molecule has 1 N–H and O–H groups in total. The number of rotatable bonds is 7. The Labute approximate surface area is 156 Å². The van der Waals surface area contributed by atoms with Gasteiger partial charge in [-0.25, -0.2) is 0 Å². The second-order valence-electron chi connectivity index (χ2n) is 5.82. The number of esters is 3. The van der Waals surface area contributed by atoms with E-state index in [0.29, 0.717) is 6.42 Å². The third-order valence-corrected chi connectivity index (χ3v) is 3.87. The summed E-state index contributed by atoms with van der Waals surface area (Å²) >= 11 is 6.21. The quantitative estimate of drug-likeness (QED) is 0.381. The van der Waals surface area contributed by atoms with Crippen molar-refractivity contribution in [2.24, 2.45) is 0 Å². The van der Waals surface area contributed by atoms with Gasteiger partial charge < -0.3 is 24.3 Å². The summed E-state index contributed by atoms with van der Waals surface area (Å²) in [4.78, 5) is 46.1. The highest BCUT2D eigenvalue weighted by Crippen LogP contribution is 2.29. The average Bonchev–Trinajstić information content (AvgIpc) is 2.51. The highest BCUT2D eigenvalue weighted by Gasteiger charge is 2.50. The van der Waals surface area contributed by atoms with Crippen molar-refractivity contribution in [1.29, 1.82) is 0 Å². The van der Waals surface area contributed by atoms with Crippen molar-refractivity contribution in [1.82, 2.24) is 5.32 Å². The second kappa shape index (κ2) is 10.3. The van der Waals surface area contributed by atoms with Crippen molar-refractivity contribution < 1.29 is 38.1 Å². The fourth-order valence-corrected chi connectivity index (χ4v) is 2.87. The molecule has 5 atom stereocenters. The molecule has 0 saturated carbocycles. The number of amides is 1. The van der Waals surface area contributed by atoms with Gasteiger partial charge in [0.1, 0.15) is 18.8 Å². The maximum atomic E-state index is 12.0. The minimum Gasteiger partial charge on any atom is -0.463 e. The number of hydrogen-bond donors (Lipinski definition) is 1. The summed E-state index contributed by atoms with van der Waals surface area (Å²) in [6.07, 6.45) is -2.34. The van der Waals surface area contributed by atoms with Crippen molar-refractivity contribution in [3.8, 4) is 0 Å². The van der Waals surface area contributed by atoms with Crippen molar-refractivity contribution in [3.63, 3.8) is 0 Å². The number of halogens is 1. The molecule has 10 heteroatoms. The summed E-state index contributed by atoms with van der Waals surface area (Å²) in [6, 6.07) is -0.947. The molecular formula is C16H24ClNO8. The molecule has 0 radical (unpaired) electrons. The van der Waals surface area contributed by atoms with Crippen LogP contribution in [0, 0.1) is 0 Å². The average molecular weight is 394 g/mol. The maximum absolute atomic E-state index is 12.0. The van der Waals surface area contributed by atoms with Gasteiger partial charge in [0.15, 0.2) is 17.8 Å². The largest absolute Gasteiger partial charge is 0.463 e. The van der Waals surface area contributed by atoms with Crippen LogP contribution in [0.15, 0.2) is 0 Å². The maximum Gasteiger partial charge on any atom is 0.303 e. The van der Waals surface area contributed by atoms with Crippen molar-refractivity contribution in [3.05, 3.63) is 0 Å². The van der Waals surface area contributed by atoms with Crippen LogP contribution in [0.1, 0.15) is 40.5 Å². The monoisotopic (exact) mass is 393 g/mol. The van der Waals surface area contributed by atoms with Gasteiger partial charge in [0, 0.05) is 27.2 Å². The van der Waals surface area contributed by atoms with Crippen molar-refractivity contribution >= 4 is 35.4 Å². The van der Waals surface area contributed by atoms with Gasteiger partial charge in [-0.3, -0.25) is 19.2 Å². The van der Waals surface area contributed by atoms with E-state index in [4.69, 9.17) is 30.5 Å². The Balaban J connectivity index is 3.10. The van der Waals surface area contributed by atoms with Gasteiger partial charge in [0.25, 0.3) is 0 Å². The van der Waals surface area contributed by atoms with E-state index in [1.165, 1.54) is 20.8 Å². The van der Waals surface area contributed by atoms with Gasteiger partial charge >= 0.3 is 17.9 Å². The summed E-state index contributed by atoms with van der Waals surface area (Å²) in [5.41, 5.74) is -1.09. The molecule has 0 unspecified atom stereocenters. The van der Waals surface area contributed by atoms with Crippen LogP contribution < -0.4 is 5.32 Å². The first kappa shape index (κ1) is 22.2. The van der Waals surface area contributed by atoms with Gasteiger partial charge in [-0.2, -0.15) is 0 Å². The molecule has 26 heavy (non-hydrogen) atoms. The molecule has 0 aliphatic carbocycles. The molecule has 0 aromatic heterocycles. The van der Waals surface area contributed by atoms with E-state index in [-0.39, 0.29) is 18.9 Å². The Kier molecular flexibility index (Phi) is 8.80. The van der Waals surface area contributed by atoms with E-state index in [2.05, 4.69) is 5.32 Å². The SMILES string of the molecule is CCCC(=O)N[C@@H]1[C@@H](OC(C)=O)[C@H](OC(C)=O)[C@@H](COC(C)=O)O[C@@H]1Cl. The molecule has 0 bridgehead atoms. The Bertz CT molecular complexity index is 540. The summed E-state index contributed by atoms with van der Waals surface area (Å²) in [5, 5.41) is 2.64. The third kappa shape index (κ3) is 6.80. The van der Waals surface area contributed by atoms with Gasteiger partial charge in [-0.1, -0.05) is 18.5 Å². The van der Waals surface area contributed by atoms with Gasteiger partial charge in [-0.05, 0) is 6.42 Å². The number of hydrogen-bond acceptors (Lipinski definition) is 8. The molecule has 1 heterocycles. The molecule has 0 aromatic carbocycles. The van der Waals surface area contributed by atoms with Crippen LogP contribution in [0.4, 0.5) is 0 Å². The standard InChI is InChI=1S/C16H24ClNO8/c1-5-6-12(22)18-13-15(25-10(4)21)14(24-9(3)20)11(26-16(13)17)7-23-8(2)19/h11,13-16H,5-7H2,1-4H3,(H,18,22)/t11-,13-,14-,15-,16+/m1/s1. The highest BCUT2D eigenvalue weighted by molar-refractivity contribution is 6.20. The number of ether oxygens (including phenoxy) is 4. The van der Waals surface area contributed by atoms with Crippen LogP contribution in [0.2, 0.25) is 0 Å². The van der Waals surface area contributed by atoms with E-state index < -0.39 is 47.8 Å². The predicted octanol–water partition coefficient (Wildman–Crippen LogP) is 0.662. The van der Waals surface area contributed by atoms with Gasteiger partial charge in [0.2, 0.25) is 5.91 Å². The molecule has 9 nitrogen and oxygen atoms in total. The number of alkyl halides is 1. The van der Waals surface area contributed by atoms with Crippen LogP contribution >= 0.6 is 11.6 Å². The normalized spacial score (nSPS) is 28.0. The predicted molar refractivity (Wildman–Crippen MR) is 89.1 cm³/mol. The lowest BCUT2D eigenvalue weighted by Crippen LogP contribution is -2.65. The molecule has 1 aliphatic heterocycles. The number of nitrogens with one attached hydrogen (secondary N) is 1. The van der Waals surface area contributed by atoms with Crippen molar-refractivity contribution in [2.75, 3.05) is 6.61 Å². The zero-order chi connectivity index (χ0) is 19.9. The summed E-state index contributed by atoms with van der Waals surface area (Å²) in [7, 11) is 0. The molecular weight excluding hydrogens is 370 g/mol. The first-order valence-electron chi connectivity index (χ1n) is 8.22. The lowest BCUT2D eigenvalue weighted by molar-refractivity contribution is -0.212. The van der Waals surface area contributed by atoms with E-state index >= 15 is 0 Å². The highest BCUT2D eigenvalue weighted by atomic mass is 35.5. The van der Waals surface area contributed by atoms with E-state index in [0.717, 1.165) is 0 Å². The Morgan fingerprint density at radius 1 is 1.00 bits per heavy atom. The molecule has 1 amide bonds. The summed E-state index contributed by atoms with van der Waals surface area (Å²) in [6.45, 7) is 5.12. The number of carbonyl (C=O) groups excluding carboxylic acids is 4. The summed E-state index contributed by atoms with van der Waals surface area (Å²) < 4.78 is 21.0. The van der Waals surface area contributed by atoms with Gasteiger partial charge in [0.05, 0.1) is 0 Å². The molecule has 1 aliphatic rings. The van der Waals surface area contributed by atoms with Gasteiger partial charge in [-0.15, -0.1) is 0 Å². The fourth-order valence-electron chi connectivity index (χ4n) is 2.53. The van der Waals surface area contributed by atoms with E-state index in [1.807, 2.05) is 6.92 Å². The van der Waals surface area contributed by atoms with Crippen LogP contribution in [0.25, 0.3) is 0 Å². The van der Waals surface area contributed by atoms with Crippen molar-refractivity contribution in [2.45, 2.75) is 70.5 Å². The number of carbonyl (C=O) groups is 4. The van der Waals surface area contributed by atoms with E-state index in [9.17, 15) is 19.2 Å². The first-order valence-corrected chi connectivity index (χ1v) is 8.66. The molecule has 1 fully saturated rings. The Morgan fingerprint density at radius 3 is 2.08 bits per heavy atom. The molecule has 1 rings (SSSR count). The molecule has 0 spiro atoms. The smallest absolute Gasteiger partial charge is 0.303 e. The zero-order valence-electron chi connectivity index (χ0n) is 15.2. The minimum atomic E-state index is -1.11. The van der Waals surface area contributed by atoms with Crippen LogP contribution in [-0.4, -0.2) is 60.3 Å². The van der Waals surface area contributed by atoms with Crippen LogP contribution in [0.5, 0.6) is 0 Å². The third-order valence-electron chi connectivity index (χ3n) is 3.49. The fraction of sp³-hybridized carbons (Fsp3) is 0.750. The lowest BCUT2D eigenvalue weighted by Gasteiger charge is -2.43. The molecule has 148 valence electrons. The first-order chi connectivity index (χ1) is 12.1.